The third-order valence-corrected chi connectivity index (χ3v) is 7.31. The lowest BCUT2D eigenvalue weighted by Gasteiger charge is -2.47. The second-order valence-electron chi connectivity index (χ2n) is 9.07. The molecular formula is C26H24N4O. The van der Waals surface area contributed by atoms with Crippen molar-refractivity contribution in [3.63, 3.8) is 0 Å². The number of nitrogens with zero attached hydrogens (tertiary/aromatic N) is 4. The summed E-state index contributed by atoms with van der Waals surface area (Å²) in [5.41, 5.74) is 6.80. The fourth-order valence-electron chi connectivity index (χ4n) is 5.82. The van der Waals surface area contributed by atoms with Crippen molar-refractivity contribution < 1.29 is 4.52 Å². The smallest absolute Gasteiger partial charge is 0.160 e. The van der Waals surface area contributed by atoms with Gasteiger partial charge < -0.3 is 4.52 Å². The summed E-state index contributed by atoms with van der Waals surface area (Å²) in [5, 5.41) is 4.11. The molecule has 6 rings (SSSR count). The van der Waals surface area contributed by atoms with E-state index in [0.717, 1.165) is 47.7 Å². The van der Waals surface area contributed by atoms with E-state index in [4.69, 9.17) is 14.5 Å². The molecule has 0 bridgehead atoms. The molecule has 0 saturated heterocycles. The van der Waals surface area contributed by atoms with Crippen molar-refractivity contribution in [2.75, 3.05) is 0 Å². The van der Waals surface area contributed by atoms with Crippen molar-refractivity contribution in [1.29, 1.82) is 0 Å². The second-order valence-corrected chi connectivity index (χ2v) is 9.07. The molecule has 0 unspecified atom stereocenters. The summed E-state index contributed by atoms with van der Waals surface area (Å²) in [7, 11) is 0. The number of hydrogen-bond donors (Lipinski definition) is 0. The Bertz CT molecular complexity index is 1250. The van der Waals surface area contributed by atoms with Gasteiger partial charge in [0.2, 0.25) is 0 Å². The van der Waals surface area contributed by atoms with Crippen molar-refractivity contribution in [2.24, 2.45) is 5.92 Å². The van der Waals surface area contributed by atoms with Crippen LogP contribution in [0.4, 0.5) is 0 Å². The van der Waals surface area contributed by atoms with Gasteiger partial charge in [0.15, 0.2) is 5.82 Å². The van der Waals surface area contributed by atoms with Gasteiger partial charge >= 0.3 is 0 Å². The maximum Gasteiger partial charge on any atom is 0.160 e. The van der Waals surface area contributed by atoms with Crippen LogP contribution in [0.3, 0.4) is 0 Å². The van der Waals surface area contributed by atoms with E-state index in [1.807, 2.05) is 18.3 Å². The molecule has 2 aliphatic carbocycles. The maximum absolute atomic E-state index is 5.65. The Morgan fingerprint density at radius 1 is 1.00 bits per heavy atom. The van der Waals surface area contributed by atoms with E-state index in [1.54, 1.807) is 12.4 Å². The lowest BCUT2D eigenvalue weighted by Crippen LogP contribution is -2.45. The van der Waals surface area contributed by atoms with Crippen molar-refractivity contribution in [3.05, 3.63) is 83.6 Å². The van der Waals surface area contributed by atoms with E-state index >= 15 is 0 Å². The molecule has 5 heteroatoms. The summed E-state index contributed by atoms with van der Waals surface area (Å²) >= 11 is 0. The first kappa shape index (κ1) is 18.4. The van der Waals surface area contributed by atoms with Crippen LogP contribution in [-0.2, 0) is 18.3 Å². The van der Waals surface area contributed by atoms with Gasteiger partial charge in [-0.05, 0) is 37.3 Å². The van der Waals surface area contributed by atoms with Crippen LogP contribution in [0.1, 0.15) is 48.8 Å². The summed E-state index contributed by atoms with van der Waals surface area (Å²) in [5.74, 6) is 2.61. The Kier molecular flexibility index (Phi) is 4.07. The molecule has 0 fully saturated rings. The van der Waals surface area contributed by atoms with E-state index in [9.17, 15) is 0 Å². The zero-order valence-corrected chi connectivity index (χ0v) is 17.7. The highest BCUT2D eigenvalue weighted by atomic mass is 16.5. The molecule has 0 spiro atoms. The van der Waals surface area contributed by atoms with Crippen LogP contribution in [0.2, 0.25) is 0 Å². The summed E-state index contributed by atoms with van der Waals surface area (Å²) in [6, 6.07) is 14.5. The van der Waals surface area contributed by atoms with Crippen LogP contribution >= 0.6 is 0 Å². The van der Waals surface area contributed by atoms with Gasteiger partial charge in [-0.3, -0.25) is 4.98 Å². The third-order valence-electron chi connectivity index (χ3n) is 7.31. The number of rotatable bonds is 2. The van der Waals surface area contributed by atoms with Crippen molar-refractivity contribution in [2.45, 2.75) is 44.4 Å². The van der Waals surface area contributed by atoms with Gasteiger partial charge in [0.25, 0.3) is 0 Å². The quantitative estimate of drug-likeness (QED) is 0.446. The van der Waals surface area contributed by atoms with Gasteiger partial charge in [-0.2, -0.15) is 0 Å². The minimum atomic E-state index is -0.0835. The minimum absolute atomic E-state index is 0.0835. The monoisotopic (exact) mass is 408 g/mol. The van der Waals surface area contributed by atoms with Gasteiger partial charge in [0, 0.05) is 46.0 Å². The summed E-state index contributed by atoms with van der Waals surface area (Å²) in [6.07, 6.45) is 8.47. The summed E-state index contributed by atoms with van der Waals surface area (Å²) in [6.45, 7) is 4.65. The number of benzene rings is 1. The first-order chi connectivity index (χ1) is 15.1. The highest BCUT2D eigenvalue weighted by Crippen LogP contribution is 2.54. The molecule has 0 radical (unpaired) electrons. The van der Waals surface area contributed by atoms with Gasteiger partial charge in [-0.1, -0.05) is 49.3 Å². The van der Waals surface area contributed by atoms with Crippen LogP contribution in [0.5, 0.6) is 0 Å². The summed E-state index contributed by atoms with van der Waals surface area (Å²) < 4.78 is 5.65. The zero-order chi connectivity index (χ0) is 21.0. The predicted molar refractivity (Wildman–Crippen MR) is 118 cm³/mol. The largest absolute Gasteiger partial charge is 0.361 e. The molecule has 5 nitrogen and oxygen atoms in total. The lowest BCUT2D eigenvalue weighted by atomic mass is 9.56. The Hall–Kier alpha value is -3.34. The first-order valence-corrected chi connectivity index (χ1v) is 11.0. The van der Waals surface area contributed by atoms with Crippen LogP contribution in [0, 0.1) is 5.92 Å². The topological polar surface area (TPSA) is 64.7 Å². The fourth-order valence-corrected chi connectivity index (χ4v) is 5.82. The first-order valence-electron chi connectivity index (χ1n) is 11.0. The van der Waals surface area contributed by atoms with Gasteiger partial charge in [-0.25, -0.2) is 9.97 Å². The molecule has 0 saturated carbocycles. The SMILES string of the molecule is C[C@H]1c2oncc2C[C@@]2(C)c3nc(-c4ccncc4)nc(-c4ccccc4)c3CC[C@H]12. The van der Waals surface area contributed by atoms with Crippen molar-refractivity contribution in [1.82, 2.24) is 20.1 Å². The molecule has 1 aromatic carbocycles. The molecule has 3 aromatic heterocycles. The molecule has 154 valence electrons. The molecule has 0 N–H and O–H groups in total. The van der Waals surface area contributed by atoms with Crippen LogP contribution < -0.4 is 0 Å². The molecule has 4 aromatic rings. The highest BCUT2D eigenvalue weighted by molar-refractivity contribution is 5.69. The zero-order valence-electron chi connectivity index (χ0n) is 17.7. The van der Waals surface area contributed by atoms with Crippen LogP contribution in [-0.4, -0.2) is 20.1 Å². The number of aromatic nitrogens is 4. The number of hydrogen-bond acceptors (Lipinski definition) is 5. The molecule has 0 amide bonds. The van der Waals surface area contributed by atoms with E-state index in [0.29, 0.717) is 11.8 Å². The average molecular weight is 409 g/mol. The van der Waals surface area contributed by atoms with E-state index in [2.05, 4.69) is 54.3 Å². The van der Waals surface area contributed by atoms with Crippen molar-refractivity contribution in [3.8, 4) is 22.6 Å². The average Bonchev–Trinajstić information content (AvgIpc) is 3.28. The fraction of sp³-hybridized carbons (Fsp3) is 0.308. The normalized spacial score (nSPS) is 24.2. The molecule has 2 aliphatic rings. The number of pyridine rings is 1. The van der Waals surface area contributed by atoms with Gasteiger partial charge in [0.05, 0.1) is 17.6 Å². The molecule has 3 atom stereocenters. The van der Waals surface area contributed by atoms with Crippen molar-refractivity contribution >= 4 is 0 Å². The van der Waals surface area contributed by atoms with Crippen LogP contribution in [0.15, 0.2) is 65.6 Å². The minimum Gasteiger partial charge on any atom is -0.361 e. The van der Waals surface area contributed by atoms with Gasteiger partial charge in [0.1, 0.15) is 5.76 Å². The Morgan fingerprint density at radius 2 is 1.81 bits per heavy atom. The molecule has 3 heterocycles. The van der Waals surface area contributed by atoms with E-state index < -0.39 is 0 Å². The highest BCUT2D eigenvalue weighted by Gasteiger charge is 2.50. The molecule has 0 aliphatic heterocycles. The standard InChI is InChI=1S/C26H24N4O/c1-16-21-9-8-20-22(17-6-4-3-5-7-17)29-25(18-10-12-27-13-11-18)30-24(20)26(21,2)14-19-15-28-31-23(16)19/h3-7,10-13,15-16,21H,8-9,14H2,1-2H3/t16-,21-,26-/m1/s1. The van der Waals surface area contributed by atoms with E-state index in [1.165, 1.54) is 16.8 Å². The summed E-state index contributed by atoms with van der Waals surface area (Å²) in [4.78, 5) is 14.5. The Balaban J connectivity index is 1.61. The van der Waals surface area contributed by atoms with E-state index in [-0.39, 0.29) is 5.41 Å². The predicted octanol–water partition coefficient (Wildman–Crippen LogP) is 5.37. The third kappa shape index (κ3) is 2.76. The molecule has 31 heavy (non-hydrogen) atoms. The molecular weight excluding hydrogens is 384 g/mol. The number of fused-ring (bicyclic) bond motifs is 4. The van der Waals surface area contributed by atoms with Crippen LogP contribution in [0.25, 0.3) is 22.6 Å². The Labute approximate surface area is 181 Å². The lowest BCUT2D eigenvalue weighted by molar-refractivity contribution is 0.172. The maximum atomic E-state index is 5.65. The second kappa shape index (κ2) is 6.84. The van der Waals surface area contributed by atoms with Gasteiger partial charge in [-0.15, -0.1) is 0 Å². The Morgan fingerprint density at radius 3 is 2.61 bits per heavy atom.